The van der Waals surface area contributed by atoms with Crippen LogP contribution < -0.4 is 5.32 Å². The van der Waals surface area contributed by atoms with Gasteiger partial charge < -0.3 is 14.8 Å². The van der Waals surface area contributed by atoms with Crippen molar-refractivity contribution in [2.24, 2.45) is 5.92 Å². The Kier molecular flexibility index (Phi) is 6.89. The molecule has 3 unspecified atom stereocenters. The minimum absolute atomic E-state index is 0.0261. The molecule has 2 N–H and O–H groups in total. The first-order valence-corrected chi connectivity index (χ1v) is 11.3. The Balaban J connectivity index is 1.68. The number of furan rings is 1. The highest BCUT2D eigenvalue weighted by molar-refractivity contribution is 5.48. The fourth-order valence-corrected chi connectivity index (χ4v) is 5.36. The average Bonchev–Trinajstić information content (AvgIpc) is 3.21. The Hall–Kier alpha value is -2.02. The molecule has 2 heterocycles. The molecule has 2 aromatic rings. The quantitative estimate of drug-likeness (QED) is 0.691. The van der Waals surface area contributed by atoms with Gasteiger partial charge in [-0.1, -0.05) is 11.6 Å². The zero-order valence-corrected chi connectivity index (χ0v) is 18.1. The summed E-state index contributed by atoms with van der Waals surface area (Å²) in [6.45, 7) is 5.82. The van der Waals surface area contributed by atoms with E-state index in [0.717, 1.165) is 56.8 Å². The van der Waals surface area contributed by atoms with Gasteiger partial charge in [-0.05, 0) is 62.9 Å². The number of nitrogens with zero attached hydrogens (tertiary/aromatic N) is 1. The zero-order valence-electron chi connectivity index (χ0n) is 18.1. The van der Waals surface area contributed by atoms with Gasteiger partial charge in [0.2, 0.25) is 0 Å². The third-order valence-corrected chi connectivity index (χ3v) is 6.98. The maximum absolute atomic E-state index is 14.6. The number of halogens is 2. The first-order chi connectivity index (χ1) is 15.0. The second kappa shape index (κ2) is 9.63. The van der Waals surface area contributed by atoms with E-state index < -0.39 is 17.2 Å². The fraction of sp³-hybridized carbons (Fsp3) is 0.520. The van der Waals surface area contributed by atoms with Gasteiger partial charge in [-0.15, -0.1) is 0 Å². The number of aliphatic hydroxyl groups is 1. The van der Waals surface area contributed by atoms with Gasteiger partial charge in [-0.2, -0.15) is 0 Å². The van der Waals surface area contributed by atoms with Crippen LogP contribution in [-0.2, 0) is 6.42 Å². The lowest BCUT2D eigenvalue weighted by Crippen LogP contribution is -2.55. The summed E-state index contributed by atoms with van der Waals surface area (Å²) in [7, 11) is 0. The second-order valence-electron chi connectivity index (χ2n) is 9.00. The summed E-state index contributed by atoms with van der Waals surface area (Å²) >= 11 is 0. The Bertz CT molecular complexity index is 873. The molecular formula is C25H32F2N2O2. The van der Waals surface area contributed by atoms with E-state index in [1.54, 1.807) is 6.26 Å². The Morgan fingerprint density at radius 1 is 1.23 bits per heavy atom. The molecule has 1 aromatic carbocycles. The topological polar surface area (TPSA) is 48.6 Å². The van der Waals surface area contributed by atoms with E-state index in [0.29, 0.717) is 6.42 Å². The number of hydrogen-bond donors (Lipinski definition) is 2. The van der Waals surface area contributed by atoms with Crippen LogP contribution >= 0.6 is 0 Å². The van der Waals surface area contributed by atoms with Gasteiger partial charge in [-0.25, -0.2) is 8.78 Å². The molecule has 1 aromatic heterocycles. The van der Waals surface area contributed by atoms with E-state index in [2.05, 4.69) is 17.1 Å². The molecule has 0 amide bonds. The molecule has 0 radical (unpaired) electrons. The summed E-state index contributed by atoms with van der Waals surface area (Å²) < 4.78 is 34.6. The van der Waals surface area contributed by atoms with Crippen LogP contribution in [0.15, 0.2) is 46.6 Å². The largest absolute Gasteiger partial charge is 0.465 e. The minimum atomic E-state index is -1.25. The summed E-state index contributed by atoms with van der Waals surface area (Å²) in [6.07, 6.45) is 6.51. The van der Waals surface area contributed by atoms with Crippen molar-refractivity contribution >= 4 is 6.08 Å². The van der Waals surface area contributed by atoms with E-state index in [-0.39, 0.29) is 23.9 Å². The average molecular weight is 431 g/mol. The predicted octanol–water partition coefficient (Wildman–Crippen LogP) is 4.40. The van der Waals surface area contributed by atoms with Crippen molar-refractivity contribution in [2.45, 2.75) is 50.7 Å². The van der Waals surface area contributed by atoms with E-state index in [1.165, 1.54) is 18.2 Å². The molecule has 1 saturated heterocycles. The number of piperazine rings is 1. The lowest BCUT2D eigenvalue weighted by molar-refractivity contribution is -0.0547. The summed E-state index contributed by atoms with van der Waals surface area (Å²) in [6, 6.07) is 7.74. The Morgan fingerprint density at radius 2 is 1.97 bits per heavy atom. The number of hydrogen-bond acceptors (Lipinski definition) is 4. The molecule has 168 valence electrons. The van der Waals surface area contributed by atoms with Crippen molar-refractivity contribution in [3.63, 3.8) is 0 Å². The minimum Gasteiger partial charge on any atom is -0.465 e. The molecule has 0 bridgehead atoms. The normalized spacial score (nSPS) is 27.9. The van der Waals surface area contributed by atoms with E-state index in [9.17, 15) is 13.9 Å². The zero-order chi connectivity index (χ0) is 21.8. The summed E-state index contributed by atoms with van der Waals surface area (Å²) in [5.74, 6) is -0.541. The molecule has 4 rings (SSSR count). The van der Waals surface area contributed by atoms with Gasteiger partial charge >= 0.3 is 0 Å². The van der Waals surface area contributed by atoms with Crippen LogP contribution in [0.1, 0.15) is 43.9 Å². The summed E-state index contributed by atoms with van der Waals surface area (Å²) in [4.78, 5) is 2.39. The lowest BCUT2D eigenvalue weighted by Gasteiger charge is -2.44. The molecule has 3 atom stereocenters. The molecule has 4 nitrogen and oxygen atoms in total. The molecule has 2 fully saturated rings. The highest BCUT2D eigenvalue weighted by Crippen LogP contribution is 2.42. The smallest absolute Gasteiger partial charge is 0.129 e. The summed E-state index contributed by atoms with van der Waals surface area (Å²) in [5.41, 5.74) is -0.214. The number of benzene rings is 1. The third kappa shape index (κ3) is 5.08. The SMILES string of the molecule is CC(C1CCCC(=Cc2ccco2)CC1(O)Cc1c(F)cccc1F)N1CCNCC1. The monoisotopic (exact) mass is 430 g/mol. The van der Waals surface area contributed by atoms with Crippen LogP contribution in [0.5, 0.6) is 0 Å². The van der Waals surface area contributed by atoms with Gasteiger partial charge in [0, 0.05) is 50.1 Å². The second-order valence-corrected chi connectivity index (χ2v) is 9.00. The van der Waals surface area contributed by atoms with Gasteiger partial charge in [0.25, 0.3) is 0 Å². The maximum atomic E-state index is 14.6. The van der Waals surface area contributed by atoms with Gasteiger partial charge in [0.1, 0.15) is 17.4 Å². The van der Waals surface area contributed by atoms with Crippen LogP contribution in [0.3, 0.4) is 0 Å². The predicted molar refractivity (Wildman–Crippen MR) is 118 cm³/mol. The number of rotatable bonds is 5. The van der Waals surface area contributed by atoms with Gasteiger partial charge in [0.15, 0.2) is 0 Å². The van der Waals surface area contributed by atoms with Crippen molar-refractivity contribution in [1.82, 2.24) is 10.2 Å². The van der Waals surface area contributed by atoms with Crippen molar-refractivity contribution in [3.8, 4) is 0 Å². The first kappa shape index (κ1) is 22.2. The molecule has 31 heavy (non-hydrogen) atoms. The van der Waals surface area contributed by atoms with E-state index >= 15 is 0 Å². The standard InChI is InChI=1S/C25H32F2N2O2/c1-18(29-12-10-28-11-13-29)22-7-2-5-19(15-20-6-4-14-31-20)16-25(22,30)17-21-23(26)8-3-9-24(21)27/h3-4,6,8-9,14-15,18,22,28,30H,2,5,7,10-13,16-17H2,1H3. The third-order valence-electron chi connectivity index (χ3n) is 6.98. The molecule has 1 saturated carbocycles. The summed E-state index contributed by atoms with van der Waals surface area (Å²) in [5, 5.41) is 15.4. The molecule has 0 spiro atoms. The van der Waals surface area contributed by atoms with Crippen molar-refractivity contribution in [3.05, 3.63) is 65.1 Å². The number of nitrogens with one attached hydrogen (secondary N) is 1. The molecular weight excluding hydrogens is 398 g/mol. The van der Waals surface area contributed by atoms with Crippen LogP contribution in [0.4, 0.5) is 8.78 Å². The lowest BCUT2D eigenvalue weighted by atomic mass is 9.74. The van der Waals surface area contributed by atoms with Crippen molar-refractivity contribution in [1.29, 1.82) is 0 Å². The molecule has 6 heteroatoms. The van der Waals surface area contributed by atoms with Crippen LogP contribution in [0, 0.1) is 17.6 Å². The highest BCUT2D eigenvalue weighted by atomic mass is 19.1. The van der Waals surface area contributed by atoms with Gasteiger partial charge in [-0.3, -0.25) is 4.90 Å². The Morgan fingerprint density at radius 3 is 2.65 bits per heavy atom. The molecule has 2 aliphatic rings. The van der Waals surface area contributed by atoms with Gasteiger partial charge in [0.05, 0.1) is 11.9 Å². The van der Waals surface area contributed by atoms with Crippen LogP contribution in [0.2, 0.25) is 0 Å². The van der Waals surface area contributed by atoms with Crippen LogP contribution in [-0.4, -0.2) is 47.8 Å². The highest BCUT2D eigenvalue weighted by Gasteiger charge is 2.44. The molecule has 1 aliphatic heterocycles. The maximum Gasteiger partial charge on any atom is 0.129 e. The van der Waals surface area contributed by atoms with E-state index in [1.807, 2.05) is 18.2 Å². The van der Waals surface area contributed by atoms with Crippen LogP contribution in [0.25, 0.3) is 6.08 Å². The fourth-order valence-electron chi connectivity index (χ4n) is 5.36. The first-order valence-electron chi connectivity index (χ1n) is 11.3. The van der Waals surface area contributed by atoms with Crippen molar-refractivity contribution < 1.29 is 18.3 Å². The Labute approximate surface area is 182 Å². The van der Waals surface area contributed by atoms with Crippen molar-refractivity contribution in [2.75, 3.05) is 26.2 Å². The van der Waals surface area contributed by atoms with E-state index in [4.69, 9.17) is 4.42 Å². The molecule has 1 aliphatic carbocycles.